The highest BCUT2D eigenvalue weighted by Gasteiger charge is 2.07. The summed E-state index contributed by atoms with van der Waals surface area (Å²) in [7, 11) is 1.89. The second kappa shape index (κ2) is 6.84. The molecule has 0 aliphatic rings. The molecule has 0 saturated heterocycles. The lowest BCUT2D eigenvalue weighted by Crippen LogP contribution is -2.19. The van der Waals surface area contributed by atoms with Crippen LogP contribution in [0, 0.1) is 0 Å². The standard InChI is InChI=1S/C14H20N2O/c1-4-13(14(17)5-2)15-16(3)11-12-9-7-6-8-10-12/h6-10H,4-5,11H2,1-3H3/b15-13+. The molecular formula is C14H20N2O. The molecule has 0 bridgehead atoms. The zero-order valence-electron chi connectivity index (χ0n) is 10.8. The van der Waals surface area contributed by atoms with E-state index in [-0.39, 0.29) is 5.78 Å². The van der Waals surface area contributed by atoms with E-state index in [9.17, 15) is 4.79 Å². The van der Waals surface area contributed by atoms with Gasteiger partial charge in [-0.2, -0.15) is 5.10 Å². The highest BCUT2D eigenvalue weighted by Crippen LogP contribution is 2.04. The summed E-state index contributed by atoms with van der Waals surface area (Å²) in [5.74, 6) is 0.132. The molecule has 0 aliphatic carbocycles. The lowest BCUT2D eigenvalue weighted by atomic mass is 10.1. The van der Waals surface area contributed by atoms with Crippen molar-refractivity contribution in [2.45, 2.75) is 33.2 Å². The molecule has 0 fully saturated rings. The molecule has 1 rings (SSSR count). The van der Waals surface area contributed by atoms with Gasteiger partial charge in [-0.05, 0) is 12.0 Å². The Bertz CT molecular complexity index is 384. The zero-order valence-corrected chi connectivity index (χ0v) is 10.8. The number of rotatable bonds is 6. The van der Waals surface area contributed by atoms with Crippen molar-refractivity contribution in [3.63, 3.8) is 0 Å². The van der Waals surface area contributed by atoms with Crippen molar-refractivity contribution in [1.82, 2.24) is 5.01 Å². The molecule has 0 heterocycles. The van der Waals surface area contributed by atoms with Gasteiger partial charge in [0.2, 0.25) is 0 Å². The summed E-state index contributed by atoms with van der Waals surface area (Å²) in [6.45, 7) is 4.55. The largest absolute Gasteiger partial charge is 0.295 e. The fourth-order valence-corrected chi connectivity index (χ4v) is 1.62. The number of hydrogen-bond donors (Lipinski definition) is 0. The van der Waals surface area contributed by atoms with Crippen LogP contribution in [0.15, 0.2) is 35.4 Å². The second-order valence-electron chi connectivity index (χ2n) is 3.98. The molecule has 17 heavy (non-hydrogen) atoms. The molecule has 0 radical (unpaired) electrons. The zero-order chi connectivity index (χ0) is 12.7. The summed E-state index contributed by atoms with van der Waals surface area (Å²) in [4.78, 5) is 11.6. The maximum atomic E-state index is 11.6. The summed E-state index contributed by atoms with van der Waals surface area (Å²) in [5, 5.41) is 6.18. The van der Waals surface area contributed by atoms with Crippen LogP contribution in [-0.4, -0.2) is 23.6 Å². The van der Waals surface area contributed by atoms with Crippen LogP contribution >= 0.6 is 0 Å². The molecule has 0 unspecified atom stereocenters. The Morgan fingerprint density at radius 3 is 2.35 bits per heavy atom. The first-order valence-electron chi connectivity index (χ1n) is 6.03. The summed E-state index contributed by atoms with van der Waals surface area (Å²) < 4.78 is 0. The van der Waals surface area contributed by atoms with Crippen LogP contribution in [0.1, 0.15) is 32.3 Å². The predicted octanol–water partition coefficient (Wildman–Crippen LogP) is 2.86. The van der Waals surface area contributed by atoms with Gasteiger partial charge >= 0.3 is 0 Å². The van der Waals surface area contributed by atoms with E-state index >= 15 is 0 Å². The Labute approximate surface area is 103 Å². The van der Waals surface area contributed by atoms with E-state index in [1.54, 1.807) is 0 Å². The lowest BCUT2D eigenvalue weighted by Gasteiger charge is -2.14. The van der Waals surface area contributed by atoms with Crippen LogP contribution in [0.3, 0.4) is 0 Å². The molecule has 0 saturated carbocycles. The maximum Gasteiger partial charge on any atom is 0.178 e. The Morgan fingerprint density at radius 2 is 1.82 bits per heavy atom. The molecule has 3 nitrogen and oxygen atoms in total. The minimum absolute atomic E-state index is 0.132. The van der Waals surface area contributed by atoms with E-state index in [2.05, 4.69) is 17.2 Å². The van der Waals surface area contributed by atoms with Crippen molar-refractivity contribution >= 4 is 11.5 Å². The lowest BCUT2D eigenvalue weighted by molar-refractivity contribution is -0.112. The van der Waals surface area contributed by atoms with Gasteiger partial charge in [0.1, 0.15) is 5.71 Å². The highest BCUT2D eigenvalue weighted by atomic mass is 16.1. The first kappa shape index (κ1) is 13.4. The Hall–Kier alpha value is -1.64. The van der Waals surface area contributed by atoms with Crippen molar-refractivity contribution in [1.29, 1.82) is 0 Å². The molecule has 0 spiro atoms. The van der Waals surface area contributed by atoms with Crippen LogP contribution < -0.4 is 0 Å². The minimum atomic E-state index is 0.132. The fourth-order valence-electron chi connectivity index (χ4n) is 1.62. The van der Waals surface area contributed by atoms with Crippen LogP contribution in [-0.2, 0) is 11.3 Å². The van der Waals surface area contributed by atoms with E-state index in [4.69, 9.17) is 0 Å². The van der Waals surface area contributed by atoms with Gasteiger partial charge in [0.25, 0.3) is 0 Å². The Morgan fingerprint density at radius 1 is 1.18 bits per heavy atom. The number of benzene rings is 1. The van der Waals surface area contributed by atoms with Crippen molar-refractivity contribution in [2.24, 2.45) is 5.10 Å². The normalized spacial score (nSPS) is 11.4. The molecule has 0 atom stereocenters. The molecule has 1 aromatic carbocycles. The van der Waals surface area contributed by atoms with E-state index in [0.29, 0.717) is 18.6 Å². The minimum Gasteiger partial charge on any atom is -0.295 e. The molecule has 0 amide bonds. The molecule has 0 N–H and O–H groups in total. The first-order valence-corrected chi connectivity index (χ1v) is 6.03. The molecule has 0 aromatic heterocycles. The number of hydrazone groups is 1. The third kappa shape index (κ3) is 4.39. The summed E-state index contributed by atoms with van der Waals surface area (Å²) in [5.41, 5.74) is 1.85. The smallest absolute Gasteiger partial charge is 0.178 e. The number of carbonyl (C=O) groups is 1. The van der Waals surface area contributed by atoms with Crippen LogP contribution in [0.4, 0.5) is 0 Å². The number of Topliss-reactive ketones (excluding diaryl/α,β-unsaturated/α-hetero) is 1. The Balaban J connectivity index is 2.67. The number of ketones is 1. The molecule has 1 aromatic rings. The summed E-state index contributed by atoms with van der Waals surface area (Å²) in [6.07, 6.45) is 1.21. The van der Waals surface area contributed by atoms with Crippen LogP contribution in [0.25, 0.3) is 0 Å². The second-order valence-corrected chi connectivity index (χ2v) is 3.98. The van der Waals surface area contributed by atoms with Gasteiger partial charge in [0, 0.05) is 13.5 Å². The Kier molecular flexibility index (Phi) is 5.40. The predicted molar refractivity (Wildman–Crippen MR) is 70.9 cm³/mol. The maximum absolute atomic E-state index is 11.6. The average molecular weight is 232 g/mol. The quantitative estimate of drug-likeness (QED) is 0.558. The van der Waals surface area contributed by atoms with Gasteiger partial charge < -0.3 is 0 Å². The SMILES string of the molecule is CCC(=O)/C(CC)=N/N(C)Cc1ccccc1. The van der Waals surface area contributed by atoms with E-state index in [1.165, 1.54) is 5.56 Å². The number of carbonyl (C=O) groups excluding carboxylic acids is 1. The number of nitrogens with zero attached hydrogens (tertiary/aromatic N) is 2. The third-order valence-corrected chi connectivity index (χ3v) is 2.52. The third-order valence-electron chi connectivity index (χ3n) is 2.52. The van der Waals surface area contributed by atoms with Crippen molar-refractivity contribution in [2.75, 3.05) is 7.05 Å². The summed E-state index contributed by atoms with van der Waals surface area (Å²) >= 11 is 0. The average Bonchev–Trinajstić information content (AvgIpc) is 2.36. The van der Waals surface area contributed by atoms with Gasteiger partial charge in [0.15, 0.2) is 5.78 Å². The van der Waals surface area contributed by atoms with Gasteiger partial charge in [-0.25, -0.2) is 0 Å². The highest BCUT2D eigenvalue weighted by molar-refractivity contribution is 6.39. The van der Waals surface area contributed by atoms with Gasteiger partial charge in [-0.15, -0.1) is 0 Å². The molecule has 0 aliphatic heterocycles. The van der Waals surface area contributed by atoms with E-state index < -0.39 is 0 Å². The van der Waals surface area contributed by atoms with Crippen LogP contribution in [0.2, 0.25) is 0 Å². The molecule has 3 heteroatoms. The van der Waals surface area contributed by atoms with Gasteiger partial charge in [-0.3, -0.25) is 9.80 Å². The van der Waals surface area contributed by atoms with Gasteiger partial charge in [-0.1, -0.05) is 44.2 Å². The van der Waals surface area contributed by atoms with Gasteiger partial charge in [0.05, 0.1) is 6.54 Å². The summed E-state index contributed by atoms with van der Waals surface area (Å²) in [6, 6.07) is 10.1. The fraction of sp³-hybridized carbons (Fsp3) is 0.429. The van der Waals surface area contributed by atoms with E-state index in [1.807, 2.05) is 44.1 Å². The van der Waals surface area contributed by atoms with Crippen LogP contribution in [0.5, 0.6) is 0 Å². The number of hydrogen-bond acceptors (Lipinski definition) is 3. The first-order chi connectivity index (χ1) is 8.17. The van der Waals surface area contributed by atoms with Crippen molar-refractivity contribution < 1.29 is 4.79 Å². The topological polar surface area (TPSA) is 32.7 Å². The monoisotopic (exact) mass is 232 g/mol. The van der Waals surface area contributed by atoms with E-state index in [0.717, 1.165) is 6.54 Å². The van der Waals surface area contributed by atoms with Crippen molar-refractivity contribution in [3.05, 3.63) is 35.9 Å². The molecular weight excluding hydrogens is 212 g/mol. The molecule has 92 valence electrons. The van der Waals surface area contributed by atoms with Crippen molar-refractivity contribution in [3.8, 4) is 0 Å².